The van der Waals surface area contributed by atoms with Crippen molar-refractivity contribution in [1.29, 1.82) is 0 Å². The van der Waals surface area contributed by atoms with Crippen molar-refractivity contribution in [3.63, 3.8) is 0 Å². The second kappa shape index (κ2) is 21.3. The van der Waals surface area contributed by atoms with Crippen molar-refractivity contribution in [3.05, 3.63) is 174 Å². The maximum atomic E-state index is 7.84. The number of aromatic amines is 4. The van der Waals surface area contributed by atoms with Crippen LogP contribution in [0.3, 0.4) is 0 Å². The van der Waals surface area contributed by atoms with E-state index in [1.807, 2.05) is 0 Å². The number of fused-ring (bicyclic) bond motifs is 19. The normalized spacial score (nSPS) is 16.5. The first-order valence-electron chi connectivity index (χ1n) is 31.6. The number of benzene rings is 1. The number of aryl methyl sites for hydroxylation is 8. The molecule has 13 rings (SSSR count). The van der Waals surface area contributed by atoms with E-state index in [-0.39, 0.29) is 12.0 Å². The second-order valence-corrected chi connectivity index (χ2v) is 24.3. The lowest BCUT2D eigenvalue weighted by Crippen LogP contribution is -2.22. The summed E-state index contributed by atoms with van der Waals surface area (Å²) in [6.45, 7) is 36.2. The molecule has 4 N–H and O–H groups in total. The lowest BCUT2D eigenvalue weighted by Gasteiger charge is -2.24. The van der Waals surface area contributed by atoms with Crippen molar-refractivity contribution >= 4 is 94.3 Å². The molecule has 85 heavy (non-hydrogen) atoms. The highest BCUT2D eigenvalue weighted by atomic mass is 16.5. The summed E-state index contributed by atoms with van der Waals surface area (Å²) in [7, 11) is 0. The third kappa shape index (κ3) is 8.52. The topological polar surface area (TPSA) is 124 Å². The lowest BCUT2D eigenvalue weighted by atomic mass is 9.82. The highest BCUT2D eigenvalue weighted by Crippen LogP contribution is 2.54. The van der Waals surface area contributed by atoms with Gasteiger partial charge in [-0.3, -0.25) is 0 Å². The molecule has 0 radical (unpaired) electrons. The smallest absolute Gasteiger partial charge is 0.135 e. The molecule has 11 heterocycles. The number of para-hydroxylation sites is 1. The molecular formula is C76H82N8O. The first-order valence-corrected chi connectivity index (χ1v) is 31.6. The molecule has 2 atom stereocenters. The molecule has 1 aliphatic carbocycles. The zero-order valence-electron chi connectivity index (χ0n) is 52.9. The van der Waals surface area contributed by atoms with Crippen LogP contribution in [0.5, 0.6) is 5.75 Å². The van der Waals surface area contributed by atoms with Crippen LogP contribution in [0, 0.1) is 27.7 Å². The molecule has 5 aliphatic heterocycles. The van der Waals surface area contributed by atoms with E-state index >= 15 is 0 Å². The summed E-state index contributed by atoms with van der Waals surface area (Å²) in [5.74, 6) is 0.790. The van der Waals surface area contributed by atoms with Crippen molar-refractivity contribution in [2.45, 2.75) is 174 Å². The maximum Gasteiger partial charge on any atom is 0.135 e. The fraction of sp³-hybridized carbons (Fsp3) is 0.342. The third-order valence-corrected chi connectivity index (χ3v) is 20.1. The van der Waals surface area contributed by atoms with E-state index < -0.39 is 0 Å². The predicted octanol–water partition coefficient (Wildman–Crippen LogP) is 20.0. The average Bonchev–Trinajstić information content (AvgIpc) is 1.82. The number of ether oxygens (including phenoxy) is 1. The molecule has 9 nitrogen and oxygen atoms in total. The highest BCUT2D eigenvalue weighted by molar-refractivity contribution is 6.05. The Hall–Kier alpha value is -8.30. The van der Waals surface area contributed by atoms with Crippen LogP contribution >= 0.6 is 0 Å². The predicted molar refractivity (Wildman–Crippen MR) is 359 cm³/mol. The van der Waals surface area contributed by atoms with Crippen LogP contribution in [0.2, 0.25) is 0 Å². The minimum absolute atomic E-state index is 0.0840. The summed E-state index contributed by atoms with van der Waals surface area (Å²) in [6.07, 6.45) is 13.5. The summed E-state index contributed by atoms with van der Waals surface area (Å²) < 4.78 is 7.84. The van der Waals surface area contributed by atoms with Crippen LogP contribution in [0.1, 0.15) is 216 Å². The van der Waals surface area contributed by atoms with Gasteiger partial charge >= 0.3 is 0 Å². The molecule has 6 aromatic heterocycles. The van der Waals surface area contributed by atoms with Gasteiger partial charge in [0.25, 0.3) is 0 Å². The molecule has 0 spiro atoms. The van der Waals surface area contributed by atoms with Gasteiger partial charge in [-0.1, -0.05) is 91.8 Å². The van der Waals surface area contributed by atoms with Gasteiger partial charge in [0.1, 0.15) is 11.9 Å². The molecule has 1 aromatic carbocycles. The standard InChI is InChI=1S/C76H82N8O/c1-17-45-37(9)57-31-65-49(21-5)41(13)71(81-65)69(72-42(14)50(22-6)66(82-72)32-58-38(10)46(18-2)62(78-58)35-61(45)77-57)55-29-25-27-53-54-28-26-30-56(76(54)85-75(53)55)70-73-43(15)51(23-7)67(83-73)33-59-39(11)47(19-3)63(79-59)36-64-48(20-4)40(12)60(80-64)34-68-52(24-8)44(16)74(70)84-68/h25-36,53,75,77,79-81H,17-24H2,1-16H3. The Kier molecular flexibility index (Phi) is 14.0. The first kappa shape index (κ1) is 55.9. The summed E-state index contributed by atoms with van der Waals surface area (Å²) in [5.41, 5.74) is 42.0. The monoisotopic (exact) mass is 1120 g/mol. The average molecular weight is 1120 g/mol. The van der Waals surface area contributed by atoms with Crippen molar-refractivity contribution in [3.8, 4) is 16.9 Å². The lowest BCUT2D eigenvalue weighted by molar-refractivity contribution is 0.279. The molecule has 0 saturated heterocycles. The zero-order chi connectivity index (χ0) is 59.6. The number of nitrogens with one attached hydrogen (secondary N) is 4. The van der Waals surface area contributed by atoms with Gasteiger partial charge in [-0.05, 0) is 232 Å². The SMILES string of the molecule is CCC1=C(C)c2cc3nc(c(C4=CC=CC5c6cccc(-c7c8nc(cc9[nH]c(cc%10[nH]c(cc%11nc7C(C)=C%11CC)c(C)c%10CC)c(CC)c9C)C(CC)=C8C)c6OC45)c4[nH]c(cc5[nH]c(cc1n2)c(CC)c5C)c(CC)c4C)C(C)=C3CC. The molecule has 6 aliphatic rings. The quantitative estimate of drug-likeness (QED) is 0.109. The van der Waals surface area contributed by atoms with Gasteiger partial charge in [0.2, 0.25) is 0 Å². The van der Waals surface area contributed by atoms with Crippen LogP contribution in [0.25, 0.3) is 105 Å². The van der Waals surface area contributed by atoms with E-state index in [0.717, 1.165) is 175 Å². The van der Waals surface area contributed by atoms with Gasteiger partial charge in [0, 0.05) is 72.4 Å². The summed E-state index contributed by atoms with van der Waals surface area (Å²) in [6, 6.07) is 20.6. The fourth-order valence-electron chi connectivity index (χ4n) is 15.4. The summed E-state index contributed by atoms with van der Waals surface area (Å²) in [4.78, 5) is 38.6. The zero-order valence-corrected chi connectivity index (χ0v) is 52.9. The Labute approximate surface area is 501 Å². The number of rotatable bonds is 10. The van der Waals surface area contributed by atoms with Gasteiger partial charge < -0.3 is 24.7 Å². The molecule has 0 amide bonds. The van der Waals surface area contributed by atoms with Crippen molar-refractivity contribution < 1.29 is 4.74 Å². The number of hydrogen-bond acceptors (Lipinski definition) is 5. The van der Waals surface area contributed by atoms with Crippen LogP contribution in [0.15, 0.2) is 72.8 Å². The fourth-order valence-corrected chi connectivity index (χ4v) is 15.4. The van der Waals surface area contributed by atoms with Crippen molar-refractivity contribution in [2.24, 2.45) is 0 Å². The number of nitrogens with zero attached hydrogens (tertiary/aromatic N) is 4. The van der Waals surface area contributed by atoms with Crippen LogP contribution in [-0.2, 0) is 25.7 Å². The summed E-state index contributed by atoms with van der Waals surface area (Å²) in [5, 5.41) is 0. The molecule has 16 bridgehead atoms. The van der Waals surface area contributed by atoms with Crippen molar-refractivity contribution in [1.82, 2.24) is 39.9 Å². The van der Waals surface area contributed by atoms with Gasteiger partial charge in [-0.2, -0.15) is 0 Å². The minimum Gasteiger partial charge on any atom is -0.484 e. The Morgan fingerprint density at radius 2 is 0.835 bits per heavy atom. The van der Waals surface area contributed by atoms with Gasteiger partial charge in [0.15, 0.2) is 0 Å². The van der Waals surface area contributed by atoms with Crippen molar-refractivity contribution in [2.75, 3.05) is 0 Å². The summed E-state index contributed by atoms with van der Waals surface area (Å²) >= 11 is 0. The number of H-pyrrole nitrogens is 4. The van der Waals surface area contributed by atoms with Gasteiger partial charge in [-0.25, -0.2) is 19.9 Å². The van der Waals surface area contributed by atoms with E-state index in [2.05, 4.69) is 204 Å². The highest BCUT2D eigenvalue weighted by Gasteiger charge is 2.42. The number of hydrogen-bond donors (Lipinski definition) is 4. The molecule has 0 fully saturated rings. The molecule has 9 heteroatoms. The Balaban J connectivity index is 1.09. The molecule has 2 unspecified atom stereocenters. The second-order valence-electron chi connectivity index (χ2n) is 24.3. The van der Waals surface area contributed by atoms with Crippen LogP contribution in [0.4, 0.5) is 0 Å². The Morgan fingerprint density at radius 3 is 1.35 bits per heavy atom. The van der Waals surface area contributed by atoms with E-state index in [0.29, 0.717) is 0 Å². The van der Waals surface area contributed by atoms with Crippen LogP contribution in [-0.4, -0.2) is 46.0 Å². The van der Waals surface area contributed by atoms with Crippen LogP contribution < -0.4 is 4.74 Å². The molecule has 7 aromatic rings. The molecular weight excluding hydrogens is 1040 g/mol. The molecule has 432 valence electrons. The maximum absolute atomic E-state index is 7.84. The number of allylic oxidation sites excluding steroid dienone is 10. The number of aromatic nitrogens is 8. The first-order chi connectivity index (χ1) is 41.1. The van der Waals surface area contributed by atoms with E-state index in [1.165, 1.54) is 89.1 Å². The van der Waals surface area contributed by atoms with E-state index in [9.17, 15) is 0 Å². The Morgan fingerprint density at radius 1 is 0.412 bits per heavy atom. The third-order valence-electron chi connectivity index (χ3n) is 20.1. The van der Waals surface area contributed by atoms with E-state index in [4.69, 9.17) is 24.7 Å². The van der Waals surface area contributed by atoms with E-state index in [1.54, 1.807) is 0 Å². The van der Waals surface area contributed by atoms with Gasteiger partial charge in [-0.15, -0.1) is 0 Å². The Bertz CT molecular complexity index is 4520. The largest absolute Gasteiger partial charge is 0.484 e. The minimum atomic E-state index is -0.369. The molecule has 0 saturated carbocycles. The van der Waals surface area contributed by atoms with Gasteiger partial charge in [0.05, 0.1) is 51.1 Å².